The summed E-state index contributed by atoms with van der Waals surface area (Å²) in [4.78, 5) is 20.0. The first kappa shape index (κ1) is 12.4. The maximum absolute atomic E-state index is 11.5. The van der Waals surface area contributed by atoms with Crippen LogP contribution >= 0.6 is 11.3 Å². The predicted molar refractivity (Wildman–Crippen MR) is 72.3 cm³/mol. The zero-order valence-electron chi connectivity index (χ0n) is 9.80. The zero-order valence-corrected chi connectivity index (χ0v) is 10.6. The summed E-state index contributed by atoms with van der Waals surface area (Å²) in [5.41, 5.74) is 1.75. The molecule has 2 rings (SSSR count). The van der Waals surface area contributed by atoms with Crippen molar-refractivity contribution in [2.45, 2.75) is 6.42 Å². The highest BCUT2D eigenvalue weighted by Crippen LogP contribution is 2.22. The Balaban J connectivity index is 2.02. The minimum Gasteiger partial charge on any atom is -0.352 e. The van der Waals surface area contributed by atoms with Gasteiger partial charge in [0, 0.05) is 29.9 Å². The first-order chi connectivity index (χ1) is 8.79. The Morgan fingerprint density at radius 3 is 3.17 bits per heavy atom. The molecule has 0 aliphatic carbocycles. The van der Waals surface area contributed by atoms with E-state index in [4.69, 9.17) is 0 Å². The molecule has 0 radical (unpaired) electrons. The summed E-state index contributed by atoms with van der Waals surface area (Å²) in [6.45, 7) is 4.03. The van der Waals surface area contributed by atoms with Crippen LogP contribution in [0.5, 0.6) is 0 Å². The van der Waals surface area contributed by atoms with Crippen LogP contribution in [0.4, 0.5) is 0 Å². The van der Waals surface area contributed by atoms with Crippen molar-refractivity contribution >= 4 is 17.2 Å². The van der Waals surface area contributed by atoms with Crippen molar-refractivity contribution in [1.82, 2.24) is 15.3 Å². The van der Waals surface area contributed by atoms with E-state index in [2.05, 4.69) is 21.9 Å². The first-order valence-corrected chi connectivity index (χ1v) is 6.40. The van der Waals surface area contributed by atoms with Gasteiger partial charge in [0.15, 0.2) is 0 Å². The molecule has 18 heavy (non-hydrogen) atoms. The Bertz CT molecular complexity index is 536. The average molecular weight is 259 g/mol. The fraction of sp³-hybridized carbons (Fsp3) is 0.154. The summed E-state index contributed by atoms with van der Waals surface area (Å²) in [5.74, 6) is -0.0436. The van der Waals surface area contributed by atoms with Crippen molar-refractivity contribution in [2.75, 3.05) is 6.54 Å². The largest absolute Gasteiger partial charge is 0.352 e. The van der Waals surface area contributed by atoms with Gasteiger partial charge in [-0.15, -0.1) is 17.9 Å². The summed E-state index contributed by atoms with van der Waals surface area (Å²) in [5, 5.41) is 5.51. The maximum atomic E-state index is 11.5. The molecular weight excluding hydrogens is 246 g/mol. The molecule has 0 fully saturated rings. The molecule has 0 unspecified atom stereocenters. The van der Waals surface area contributed by atoms with Crippen molar-refractivity contribution < 1.29 is 4.79 Å². The monoisotopic (exact) mass is 259 g/mol. The topological polar surface area (TPSA) is 54.9 Å². The molecule has 2 heterocycles. The fourth-order valence-corrected chi connectivity index (χ4v) is 2.23. The molecule has 4 nitrogen and oxygen atoms in total. The Hall–Kier alpha value is -2.01. The van der Waals surface area contributed by atoms with Gasteiger partial charge in [-0.05, 0) is 12.1 Å². The van der Waals surface area contributed by atoms with E-state index in [1.807, 2.05) is 17.5 Å². The number of pyridine rings is 1. The number of hydrogen-bond donors (Lipinski definition) is 1. The number of nitrogens with one attached hydrogen (secondary N) is 1. The molecule has 5 heteroatoms. The molecule has 1 amide bonds. The van der Waals surface area contributed by atoms with Crippen molar-refractivity contribution in [2.24, 2.45) is 0 Å². The van der Waals surface area contributed by atoms with Gasteiger partial charge in [0.05, 0.1) is 12.1 Å². The van der Waals surface area contributed by atoms with Crippen LogP contribution in [-0.2, 0) is 11.2 Å². The molecule has 0 bridgehead atoms. The fourth-order valence-electron chi connectivity index (χ4n) is 1.42. The van der Waals surface area contributed by atoms with Crippen molar-refractivity contribution in [1.29, 1.82) is 0 Å². The molecule has 0 atom stereocenters. The minimum atomic E-state index is -0.0436. The third-order valence-corrected chi connectivity index (χ3v) is 3.19. The lowest BCUT2D eigenvalue weighted by Gasteiger charge is -1.99. The lowest BCUT2D eigenvalue weighted by molar-refractivity contribution is -0.120. The van der Waals surface area contributed by atoms with Crippen LogP contribution in [0.1, 0.15) is 5.69 Å². The Morgan fingerprint density at radius 2 is 2.44 bits per heavy atom. The summed E-state index contributed by atoms with van der Waals surface area (Å²) in [7, 11) is 0. The van der Waals surface area contributed by atoms with Gasteiger partial charge in [-0.2, -0.15) is 0 Å². The van der Waals surface area contributed by atoms with E-state index in [9.17, 15) is 4.79 Å². The molecule has 0 spiro atoms. The number of nitrogens with zero attached hydrogens (tertiary/aromatic N) is 2. The molecule has 0 aromatic carbocycles. The molecule has 0 aliphatic heterocycles. The van der Waals surface area contributed by atoms with Crippen LogP contribution < -0.4 is 5.32 Å². The number of carbonyl (C=O) groups excluding carboxylic acids is 1. The molecule has 2 aromatic heterocycles. The summed E-state index contributed by atoms with van der Waals surface area (Å²) < 4.78 is 0. The molecule has 0 aliphatic rings. The smallest absolute Gasteiger partial charge is 0.226 e. The molecular formula is C13H13N3OS. The Morgan fingerprint density at radius 1 is 1.56 bits per heavy atom. The van der Waals surface area contributed by atoms with Gasteiger partial charge in [0.2, 0.25) is 5.91 Å². The Kier molecular flexibility index (Phi) is 4.20. The van der Waals surface area contributed by atoms with Crippen LogP contribution in [0, 0.1) is 0 Å². The second kappa shape index (κ2) is 6.07. The van der Waals surface area contributed by atoms with Crippen LogP contribution in [0.15, 0.2) is 42.6 Å². The first-order valence-electron chi connectivity index (χ1n) is 5.52. The average Bonchev–Trinajstić information content (AvgIpc) is 2.86. The third kappa shape index (κ3) is 3.24. The number of hydrogen-bond acceptors (Lipinski definition) is 4. The van der Waals surface area contributed by atoms with E-state index >= 15 is 0 Å². The second-order valence-corrected chi connectivity index (χ2v) is 4.51. The maximum Gasteiger partial charge on any atom is 0.226 e. The molecule has 0 saturated heterocycles. The number of aromatic nitrogens is 2. The summed E-state index contributed by atoms with van der Waals surface area (Å²) in [6.07, 6.45) is 5.44. The quantitative estimate of drug-likeness (QED) is 0.836. The van der Waals surface area contributed by atoms with Gasteiger partial charge in [0.25, 0.3) is 0 Å². The number of carbonyl (C=O) groups is 1. The molecule has 2 aromatic rings. The van der Waals surface area contributed by atoms with E-state index < -0.39 is 0 Å². The summed E-state index contributed by atoms with van der Waals surface area (Å²) in [6, 6.07) is 3.82. The standard InChI is InChI=1S/C13H13N3OS/c1-2-5-15-12(17)7-11-9-18-13(16-11)10-4-3-6-14-8-10/h2-4,6,8-9H,1,5,7H2,(H,15,17). The van der Waals surface area contributed by atoms with E-state index in [0.29, 0.717) is 13.0 Å². The highest BCUT2D eigenvalue weighted by atomic mass is 32.1. The number of amides is 1. The van der Waals surface area contributed by atoms with Gasteiger partial charge < -0.3 is 5.32 Å². The van der Waals surface area contributed by atoms with E-state index in [0.717, 1.165) is 16.3 Å². The van der Waals surface area contributed by atoms with Gasteiger partial charge in [-0.3, -0.25) is 9.78 Å². The van der Waals surface area contributed by atoms with E-state index in [-0.39, 0.29) is 5.91 Å². The minimum absolute atomic E-state index is 0.0436. The highest BCUT2D eigenvalue weighted by molar-refractivity contribution is 7.13. The Labute approximate surface area is 109 Å². The van der Waals surface area contributed by atoms with Crippen molar-refractivity contribution in [3.05, 3.63) is 48.3 Å². The van der Waals surface area contributed by atoms with Crippen LogP contribution in [0.25, 0.3) is 10.6 Å². The van der Waals surface area contributed by atoms with Crippen LogP contribution in [0.2, 0.25) is 0 Å². The van der Waals surface area contributed by atoms with Gasteiger partial charge in [-0.1, -0.05) is 6.08 Å². The predicted octanol–water partition coefficient (Wildman–Crippen LogP) is 2.05. The lowest BCUT2D eigenvalue weighted by Crippen LogP contribution is -2.25. The van der Waals surface area contributed by atoms with E-state index in [1.54, 1.807) is 18.5 Å². The van der Waals surface area contributed by atoms with Crippen molar-refractivity contribution in [3.8, 4) is 10.6 Å². The molecule has 1 N–H and O–H groups in total. The van der Waals surface area contributed by atoms with Crippen LogP contribution in [0.3, 0.4) is 0 Å². The van der Waals surface area contributed by atoms with Crippen LogP contribution in [-0.4, -0.2) is 22.4 Å². The number of thiazole rings is 1. The lowest BCUT2D eigenvalue weighted by atomic mass is 10.3. The zero-order chi connectivity index (χ0) is 12.8. The van der Waals surface area contributed by atoms with Gasteiger partial charge in [0.1, 0.15) is 5.01 Å². The van der Waals surface area contributed by atoms with E-state index in [1.165, 1.54) is 11.3 Å². The second-order valence-electron chi connectivity index (χ2n) is 3.66. The number of rotatable bonds is 5. The van der Waals surface area contributed by atoms with Gasteiger partial charge >= 0.3 is 0 Å². The normalized spacial score (nSPS) is 10.0. The van der Waals surface area contributed by atoms with Gasteiger partial charge in [-0.25, -0.2) is 4.98 Å². The van der Waals surface area contributed by atoms with Crippen molar-refractivity contribution in [3.63, 3.8) is 0 Å². The summed E-state index contributed by atoms with van der Waals surface area (Å²) >= 11 is 1.52. The molecule has 0 saturated carbocycles. The highest BCUT2D eigenvalue weighted by Gasteiger charge is 2.08. The molecule has 92 valence electrons. The third-order valence-electron chi connectivity index (χ3n) is 2.25. The SMILES string of the molecule is C=CCNC(=O)Cc1csc(-c2cccnc2)n1.